The van der Waals surface area contributed by atoms with E-state index in [4.69, 9.17) is 0 Å². The maximum atomic E-state index is 4.36. The zero-order valence-corrected chi connectivity index (χ0v) is 9.34. The molecule has 2 aromatic rings. The fourth-order valence-corrected chi connectivity index (χ4v) is 1.42. The minimum Gasteiger partial charge on any atom is -0.412 e. The lowest BCUT2D eigenvalue weighted by molar-refractivity contribution is 0.815. The van der Waals surface area contributed by atoms with Gasteiger partial charge in [-0.15, -0.1) is 12.4 Å². The summed E-state index contributed by atoms with van der Waals surface area (Å²) in [4.78, 5) is 4.36. The highest BCUT2D eigenvalue weighted by Gasteiger charge is 1.95. The average molecular weight is 227 g/mol. The Kier molecular flexibility index (Phi) is 5.86. The van der Waals surface area contributed by atoms with Crippen LogP contribution in [0, 0.1) is 0 Å². The molecule has 15 heavy (non-hydrogen) atoms. The lowest BCUT2D eigenvalue weighted by Crippen LogP contribution is -2.05. The number of fused-ring (bicyclic) bond motifs is 1. The second-order valence-electron chi connectivity index (χ2n) is 3.07. The van der Waals surface area contributed by atoms with E-state index in [1.807, 2.05) is 31.4 Å². The number of hydrogen-bond acceptors (Lipinski definition) is 2. The van der Waals surface area contributed by atoms with Gasteiger partial charge in [0.1, 0.15) is 0 Å². The van der Waals surface area contributed by atoms with Crippen LogP contribution in [0.15, 0.2) is 36.5 Å². The monoisotopic (exact) mass is 226 g/mol. The van der Waals surface area contributed by atoms with Gasteiger partial charge in [0, 0.05) is 18.1 Å². The highest BCUT2D eigenvalue weighted by atomic mass is 35.5. The molecule has 82 valence electrons. The van der Waals surface area contributed by atoms with E-state index in [1.165, 1.54) is 10.9 Å². The number of halogens is 1. The molecule has 0 bridgehead atoms. The van der Waals surface area contributed by atoms with Crippen molar-refractivity contribution in [3.63, 3.8) is 0 Å². The summed E-state index contributed by atoms with van der Waals surface area (Å²) in [5.41, 5.74) is 2.28. The van der Waals surface area contributed by atoms with E-state index in [-0.39, 0.29) is 17.9 Å². The Labute approximate surface area is 95.2 Å². The quantitative estimate of drug-likeness (QED) is 0.845. The van der Waals surface area contributed by atoms with Gasteiger partial charge < -0.3 is 10.8 Å². The second kappa shape index (κ2) is 6.35. The highest BCUT2D eigenvalue weighted by molar-refractivity contribution is 5.85. The number of nitrogens with zero attached hydrogens (tertiary/aromatic N) is 1. The van der Waals surface area contributed by atoms with E-state index in [0.717, 1.165) is 12.1 Å². The van der Waals surface area contributed by atoms with Crippen LogP contribution in [0.4, 0.5) is 0 Å². The van der Waals surface area contributed by atoms with E-state index in [2.05, 4.69) is 22.4 Å². The van der Waals surface area contributed by atoms with Crippen molar-refractivity contribution in [2.24, 2.45) is 0 Å². The van der Waals surface area contributed by atoms with Crippen LogP contribution in [0.5, 0.6) is 0 Å². The van der Waals surface area contributed by atoms with Gasteiger partial charge in [-0.05, 0) is 24.7 Å². The maximum absolute atomic E-state index is 4.36. The molecule has 4 heteroatoms. The maximum Gasteiger partial charge on any atom is 0.0702 e. The molecule has 1 aromatic heterocycles. The topological polar surface area (TPSA) is 56.4 Å². The highest BCUT2D eigenvalue weighted by Crippen LogP contribution is 2.12. The van der Waals surface area contributed by atoms with Gasteiger partial charge in [-0.25, -0.2) is 0 Å². The molecule has 3 nitrogen and oxygen atoms in total. The molecule has 1 aromatic carbocycles. The zero-order valence-electron chi connectivity index (χ0n) is 8.53. The van der Waals surface area contributed by atoms with Crippen molar-refractivity contribution in [1.82, 2.24) is 10.3 Å². The van der Waals surface area contributed by atoms with Crippen LogP contribution in [0.1, 0.15) is 5.56 Å². The summed E-state index contributed by atoms with van der Waals surface area (Å²) in [6, 6.07) is 10.3. The van der Waals surface area contributed by atoms with E-state index in [1.54, 1.807) is 0 Å². The summed E-state index contributed by atoms with van der Waals surface area (Å²) in [6.45, 7) is 0.873. The fraction of sp³-hybridized carbons (Fsp3) is 0.182. The lowest BCUT2D eigenvalue weighted by Gasteiger charge is -2.01. The Morgan fingerprint density at radius 3 is 2.73 bits per heavy atom. The van der Waals surface area contributed by atoms with Crippen molar-refractivity contribution >= 4 is 23.3 Å². The van der Waals surface area contributed by atoms with Gasteiger partial charge >= 0.3 is 0 Å². The second-order valence-corrected chi connectivity index (χ2v) is 3.07. The summed E-state index contributed by atoms with van der Waals surface area (Å²) in [6.07, 6.45) is 1.92. The number of pyridine rings is 1. The van der Waals surface area contributed by atoms with Gasteiger partial charge in [-0.2, -0.15) is 0 Å². The third kappa shape index (κ3) is 3.16. The smallest absolute Gasteiger partial charge is 0.0702 e. The number of rotatable bonds is 2. The van der Waals surface area contributed by atoms with Crippen molar-refractivity contribution < 1.29 is 5.48 Å². The van der Waals surface area contributed by atoms with E-state index >= 15 is 0 Å². The molecule has 0 spiro atoms. The third-order valence-electron chi connectivity index (χ3n) is 2.03. The van der Waals surface area contributed by atoms with E-state index < -0.39 is 0 Å². The minimum absolute atomic E-state index is 0. The van der Waals surface area contributed by atoms with Crippen LogP contribution in [0.25, 0.3) is 10.9 Å². The normalized spacial score (nSPS) is 9.13. The third-order valence-corrected chi connectivity index (χ3v) is 2.03. The van der Waals surface area contributed by atoms with Crippen LogP contribution in [0.2, 0.25) is 0 Å². The summed E-state index contributed by atoms with van der Waals surface area (Å²) in [7, 11) is 1.94. The molecular formula is C11H15ClN2O. The fourth-order valence-electron chi connectivity index (χ4n) is 1.42. The van der Waals surface area contributed by atoms with Crippen LogP contribution in [0.3, 0.4) is 0 Å². The van der Waals surface area contributed by atoms with E-state index in [9.17, 15) is 0 Å². The molecule has 0 unspecified atom stereocenters. The Morgan fingerprint density at radius 1 is 1.27 bits per heavy atom. The number of aromatic nitrogens is 1. The molecule has 0 saturated carbocycles. The molecule has 0 radical (unpaired) electrons. The summed E-state index contributed by atoms with van der Waals surface area (Å²) >= 11 is 0. The molecule has 0 atom stereocenters. The van der Waals surface area contributed by atoms with Gasteiger partial charge in [0.05, 0.1) is 5.52 Å². The van der Waals surface area contributed by atoms with Crippen LogP contribution in [-0.2, 0) is 6.54 Å². The van der Waals surface area contributed by atoms with Crippen molar-refractivity contribution in [1.29, 1.82) is 0 Å². The predicted octanol–water partition coefficient (Wildman–Crippen LogP) is 1.55. The number of benzene rings is 1. The van der Waals surface area contributed by atoms with E-state index in [0.29, 0.717) is 0 Å². The summed E-state index contributed by atoms with van der Waals surface area (Å²) in [5, 5.41) is 4.31. The molecule has 0 saturated heterocycles. The van der Waals surface area contributed by atoms with Crippen molar-refractivity contribution in [2.45, 2.75) is 6.54 Å². The van der Waals surface area contributed by atoms with Crippen molar-refractivity contribution in [3.8, 4) is 0 Å². The molecule has 0 aliphatic heterocycles. The molecular weight excluding hydrogens is 212 g/mol. The molecule has 0 fully saturated rings. The summed E-state index contributed by atoms with van der Waals surface area (Å²) < 4.78 is 0. The van der Waals surface area contributed by atoms with Crippen molar-refractivity contribution in [2.75, 3.05) is 7.05 Å². The molecule has 3 N–H and O–H groups in total. The number of nitrogens with one attached hydrogen (secondary N) is 1. The van der Waals surface area contributed by atoms with Crippen LogP contribution < -0.4 is 5.32 Å². The Bertz CT molecular complexity index is 420. The number of para-hydroxylation sites is 1. The molecule has 2 rings (SSSR count). The first-order chi connectivity index (χ1) is 6.40. The first kappa shape index (κ1) is 13.8. The lowest BCUT2D eigenvalue weighted by atomic mass is 10.1. The van der Waals surface area contributed by atoms with Crippen LogP contribution >= 0.6 is 12.4 Å². The zero-order chi connectivity index (χ0) is 9.10. The molecule has 1 heterocycles. The first-order valence-electron chi connectivity index (χ1n) is 4.38. The standard InChI is InChI=1S/C11H12N2.ClH.H2O/c1-12-7-9-6-10-4-2-3-5-11(10)13-8-9;;/h2-6,8,12H,7H2,1H3;1H;1H2. The predicted molar refractivity (Wildman–Crippen MR) is 65.4 cm³/mol. The Hall–Kier alpha value is -1.16. The Balaban J connectivity index is 0.000000980. The van der Waals surface area contributed by atoms with Crippen molar-refractivity contribution in [3.05, 3.63) is 42.1 Å². The Morgan fingerprint density at radius 2 is 2.00 bits per heavy atom. The van der Waals surface area contributed by atoms with Gasteiger partial charge in [-0.3, -0.25) is 4.98 Å². The number of hydrogen-bond donors (Lipinski definition) is 1. The molecule has 0 amide bonds. The first-order valence-corrected chi connectivity index (χ1v) is 4.38. The summed E-state index contributed by atoms with van der Waals surface area (Å²) in [5.74, 6) is 0. The molecule has 0 aliphatic rings. The molecule has 0 aliphatic carbocycles. The minimum atomic E-state index is 0. The van der Waals surface area contributed by atoms with Gasteiger partial charge in [0.15, 0.2) is 0 Å². The van der Waals surface area contributed by atoms with Crippen LogP contribution in [-0.4, -0.2) is 17.5 Å². The van der Waals surface area contributed by atoms with Gasteiger partial charge in [0.25, 0.3) is 0 Å². The van der Waals surface area contributed by atoms with Gasteiger partial charge in [0.2, 0.25) is 0 Å². The average Bonchev–Trinajstić information content (AvgIpc) is 2.18. The van der Waals surface area contributed by atoms with Gasteiger partial charge in [-0.1, -0.05) is 18.2 Å². The largest absolute Gasteiger partial charge is 0.412 e. The SMILES string of the molecule is CNCc1cnc2ccccc2c1.Cl.O.